The zero-order chi connectivity index (χ0) is 14.7. The molecule has 0 atom stereocenters. The standard InChI is InChI=1S/C15H15N5O/c1-2-3-8-16-15(21)11-4-6-12-10(9-11)5-7-13-14(12)18-20-19-17-13/h4-7,9H,2-3,8H2,1H3,(H,16,21). The molecule has 1 aromatic heterocycles. The Morgan fingerprint density at radius 1 is 1.14 bits per heavy atom. The summed E-state index contributed by atoms with van der Waals surface area (Å²) in [5.74, 6) is -0.0515. The Bertz CT molecular complexity index is 802. The minimum Gasteiger partial charge on any atom is -0.352 e. The van der Waals surface area contributed by atoms with Crippen molar-refractivity contribution in [3.05, 3.63) is 35.9 Å². The number of unbranched alkanes of at least 4 members (excludes halogenated alkanes) is 1. The van der Waals surface area contributed by atoms with Crippen LogP contribution in [0.15, 0.2) is 30.3 Å². The summed E-state index contributed by atoms with van der Waals surface area (Å²) in [6, 6.07) is 9.28. The first kappa shape index (κ1) is 13.4. The van der Waals surface area contributed by atoms with Crippen LogP contribution in [0, 0.1) is 0 Å². The molecule has 106 valence electrons. The first-order valence-corrected chi connectivity index (χ1v) is 6.96. The summed E-state index contributed by atoms with van der Waals surface area (Å²) in [6.07, 6.45) is 2.04. The molecule has 0 bridgehead atoms. The Labute approximate surface area is 121 Å². The van der Waals surface area contributed by atoms with Crippen molar-refractivity contribution in [1.29, 1.82) is 0 Å². The van der Waals surface area contributed by atoms with Crippen LogP contribution in [0.3, 0.4) is 0 Å². The number of fused-ring (bicyclic) bond motifs is 3. The number of carbonyl (C=O) groups is 1. The summed E-state index contributed by atoms with van der Waals surface area (Å²) >= 11 is 0. The fraction of sp³-hybridized carbons (Fsp3) is 0.267. The van der Waals surface area contributed by atoms with Gasteiger partial charge in [0.25, 0.3) is 5.91 Å². The number of nitrogens with one attached hydrogen (secondary N) is 1. The number of benzene rings is 2. The second kappa shape index (κ2) is 5.78. The van der Waals surface area contributed by atoms with Gasteiger partial charge in [0.1, 0.15) is 11.0 Å². The number of aromatic nitrogens is 4. The van der Waals surface area contributed by atoms with Crippen LogP contribution in [0.25, 0.3) is 21.8 Å². The van der Waals surface area contributed by atoms with E-state index in [2.05, 4.69) is 32.9 Å². The van der Waals surface area contributed by atoms with Crippen molar-refractivity contribution >= 4 is 27.7 Å². The summed E-state index contributed by atoms with van der Waals surface area (Å²) in [7, 11) is 0. The second-order valence-electron chi connectivity index (χ2n) is 4.86. The molecule has 1 heterocycles. The second-order valence-corrected chi connectivity index (χ2v) is 4.86. The highest BCUT2D eigenvalue weighted by Gasteiger charge is 2.08. The molecule has 0 aliphatic rings. The van der Waals surface area contributed by atoms with Crippen LogP contribution in [-0.2, 0) is 0 Å². The molecule has 0 aliphatic heterocycles. The lowest BCUT2D eigenvalue weighted by Crippen LogP contribution is -2.24. The monoisotopic (exact) mass is 281 g/mol. The van der Waals surface area contributed by atoms with Crippen molar-refractivity contribution in [2.24, 2.45) is 0 Å². The summed E-state index contributed by atoms with van der Waals surface area (Å²) in [5.41, 5.74) is 2.03. The summed E-state index contributed by atoms with van der Waals surface area (Å²) < 4.78 is 0. The molecule has 0 radical (unpaired) electrons. The Morgan fingerprint density at radius 3 is 2.86 bits per heavy atom. The van der Waals surface area contributed by atoms with E-state index < -0.39 is 0 Å². The molecule has 0 spiro atoms. The van der Waals surface area contributed by atoms with Gasteiger partial charge in [0.2, 0.25) is 0 Å². The first-order chi connectivity index (χ1) is 10.3. The van der Waals surface area contributed by atoms with Gasteiger partial charge in [-0.1, -0.05) is 25.5 Å². The maximum absolute atomic E-state index is 12.1. The Morgan fingerprint density at radius 2 is 2.00 bits per heavy atom. The lowest BCUT2D eigenvalue weighted by atomic mass is 10.1. The molecule has 6 nitrogen and oxygen atoms in total. The van der Waals surface area contributed by atoms with Crippen LogP contribution in [-0.4, -0.2) is 33.1 Å². The minimum absolute atomic E-state index is 0.0515. The summed E-state index contributed by atoms with van der Waals surface area (Å²) in [5, 5.41) is 19.8. The SMILES string of the molecule is CCCCNC(=O)c1ccc2c(ccc3nnnnc32)c1. The van der Waals surface area contributed by atoms with Crippen molar-refractivity contribution in [2.45, 2.75) is 19.8 Å². The van der Waals surface area contributed by atoms with E-state index in [9.17, 15) is 4.79 Å². The molecule has 21 heavy (non-hydrogen) atoms. The predicted octanol–water partition coefficient (Wildman–Crippen LogP) is 2.10. The molecular weight excluding hydrogens is 266 g/mol. The van der Waals surface area contributed by atoms with E-state index in [0.717, 1.165) is 23.6 Å². The summed E-state index contributed by atoms with van der Waals surface area (Å²) in [6.45, 7) is 2.80. The van der Waals surface area contributed by atoms with E-state index in [1.54, 1.807) is 6.07 Å². The van der Waals surface area contributed by atoms with E-state index in [4.69, 9.17) is 0 Å². The molecule has 6 heteroatoms. The molecule has 0 saturated heterocycles. The van der Waals surface area contributed by atoms with Gasteiger partial charge in [-0.05, 0) is 40.4 Å². The van der Waals surface area contributed by atoms with E-state index in [1.807, 2.05) is 24.3 Å². The number of nitrogens with zero attached hydrogens (tertiary/aromatic N) is 4. The van der Waals surface area contributed by atoms with E-state index in [-0.39, 0.29) is 5.91 Å². The molecule has 3 aromatic rings. The third-order valence-electron chi connectivity index (χ3n) is 3.39. The Hall–Kier alpha value is -2.63. The Balaban J connectivity index is 1.97. The molecule has 0 unspecified atom stereocenters. The van der Waals surface area contributed by atoms with Gasteiger partial charge in [-0.2, -0.15) is 0 Å². The van der Waals surface area contributed by atoms with Crippen LogP contribution in [0.4, 0.5) is 0 Å². The van der Waals surface area contributed by atoms with Crippen LogP contribution >= 0.6 is 0 Å². The zero-order valence-corrected chi connectivity index (χ0v) is 11.7. The first-order valence-electron chi connectivity index (χ1n) is 6.96. The highest BCUT2D eigenvalue weighted by atomic mass is 16.1. The van der Waals surface area contributed by atoms with Gasteiger partial charge in [-0.25, -0.2) is 0 Å². The molecule has 2 aromatic carbocycles. The van der Waals surface area contributed by atoms with Crippen LogP contribution in [0.5, 0.6) is 0 Å². The van der Waals surface area contributed by atoms with Crippen molar-refractivity contribution in [2.75, 3.05) is 6.54 Å². The fourth-order valence-electron chi connectivity index (χ4n) is 2.24. The largest absolute Gasteiger partial charge is 0.352 e. The molecule has 1 amide bonds. The Kier molecular flexibility index (Phi) is 3.68. The van der Waals surface area contributed by atoms with Crippen molar-refractivity contribution in [3.8, 4) is 0 Å². The average molecular weight is 281 g/mol. The normalized spacial score (nSPS) is 10.9. The van der Waals surface area contributed by atoms with Gasteiger partial charge in [0, 0.05) is 17.5 Å². The van der Waals surface area contributed by atoms with Crippen LogP contribution in [0.1, 0.15) is 30.1 Å². The van der Waals surface area contributed by atoms with Gasteiger partial charge < -0.3 is 5.32 Å². The smallest absolute Gasteiger partial charge is 0.251 e. The minimum atomic E-state index is -0.0515. The number of hydrogen-bond donors (Lipinski definition) is 1. The van der Waals surface area contributed by atoms with E-state index >= 15 is 0 Å². The van der Waals surface area contributed by atoms with E-state index in [1.165, 1.54) is 0 Å². The third kappa shape index (κ3) is 2.65. The fourth-order valence-corrected chi connectivity index (χ4v) is 2.24. The third-order valence-corrected chi connectivity index (χ3v) is 3.39. The molecule has 0 fully saturated rings. The van der Waals surface area contributed by atoms with Gasteiger partial charge in [-0.3, -0.25) is 4.79 Å². The van der Waals surface area contributed by atoms with Gasteiger partial charge in [0.15, 0.2) is 0 Å². The molecule has 1 N–H and O–H groups in total. The number of rotatable bonds is 4. The molecule has 0 saturated carbocycles. The highest BCUT2D eigenvalue weighted by molar-refractivity contribution is 6.06. The molecule has 3 rings (SSSR count). The van der Waals surface area contributed by atoms with Crippen LogP contribution in [0.2, 0.25) is 0 Å². The molecule has 0 aliphatic carbocycles. The lowest BCUT2D eigenvalue weighted by molar-refractivity contribution is 0.0953. The average Bonchev–Trinajstić information content (AvgIpc) is 2.54. The zero-order valence-electron chi connectivity index (χ0n) is 11.7. The maximum atomic E-state index is 12.1. The topological polar surface area (TPSA) is 80.7 Å². The quantitative estimate of drug-likeness (QED) is 0.585. The predicted molar refractivity (Wildman–Crippen MR) is 79.9 cm³/mol. The lowest BCUT2D eigenvalue weighted by Gasteiger charge is -2.06. The summed E-state index contributed by atoms with van der Waals surface area (Å²) in [4.78, 5) is 12.1. The number of amides is 1. The molecular formula is C15H15N5O. The van der Waals surface area contributed by atoms with Crippen molar-refractivity contribution < 1.29 is 4.79 Å². The number of carbonyl (C=O) groups excluding carboxylic acids is 1. The van der Waals surface area contributed by atoms with Gasteiger partial charge in [-0.15, -0.1) is 10.2 Å². The van der Waals surface area contributed by atoms with Gasteiger partial charge in [0.05, 0.1) is 0 Å². The van der Waals surface area contributed by atoms with Crippen molar-refractivity contribution in [1.82, 2.24) is 25.9 Å². The van der Waals surface area contributed by atoms with E-state index in [0.29, 0.717) is 23.1 Å². The maximum Gasteiger partial charge on any atom is 0.251 e. The van der Waals surface area contributed by atoms with Gasteiger partial charge >= 0.3 is 0 Å². The van der Waals surface area contributed by atoms with Crippen LogP contribution < -0.4 is 5.32 Å². The van der Waals surface area contributed by atoms with Crippen molar-refractivity contribution in [3.63, 3.8) is 0 Å². The highest BCUT2D eigenvalue weighted by Crippen LogP contribution is 2.22. The number of hydrogen-bond acceptors (Lipinski definition) is 5.